The zero-order chi connectivity index (χ0) is 25.5. The van der Waals surface area contributed by atoms with Crippen molar-refractivity contribution in [3.63, 3.8) is 0 Å². The molecule has 1 aliphatic heterocycles. The van der Waals surface area contributed by atoms with Crippen LogP contribution in [-0.4, -0.2) is 51.0 Å². The van der Waals surface area contributed by atoms with Crippen LogP contribution >= 0.6 is 0 Å². The van der Waals surface area contributed by atoms with Crippen LogP contribution < -0.4 is 4.72 Å². The van der Waals surface area contributed by atoms with Crippen LogP contribution in [0.25, 0.3) is 11.3 Å². The summed E-state index contributed by atoms with van der Waals surface area (Å²) in [6.45, 7) is 0.484. The maximum absolute atomic E-state index is 13.3. The maximum atomic E-state index is 13.3. The van der Waals surface area contributed by atoms with E-state index in [-0.39, 0.29) is 23.6 Å². The molecule has 2 fully saturated rings. The predicted molar refractivity (Wildman–Crippen MR) is 123 cm³/mol. The lowest BCUT2D eigenvalue weighted by atomic mass is 10.1. The summed E-state index contributed by atoms with van der Waals surface area (Å²) in [5.41, 5.74) is 0.231. The van der Waals surface area contributed by atoms with Gasteiger partial charge in [0.05, 0.1) is 35.1 Å². The summed E-state index contributed by atoms with van der Waals surface area (Å²) < 4.78 is 65.7. The lowest BCUT2D eigenvalue weighted by molar-refractivity contribution is -0.141. The van der Waals surface area contributed by atoms with E-state index in [1.807, 2.05) is 0 Å². The van der Waals surface area contributed by atoms with Gasteiger partial charge in [0.15, 0.2) is 5.69 Å². The van der Waals surface area contributed by atoms with Gasteiger partial charge in [-0.2, -0.15) is 13.2 Å². The first-order valence-electron chi connectivity index (χ1n) is 11.3. The summed E-state index contributed by atoms with van der Waals surface area (Å²) in [4.78, 5) is 30.5. The van der Waals surface area contributed by atoms with Crippen LogP contribution in [0.2, 0.25) is 0 Å². The minimum absolute atomic E-state index is 0.0229. The Morgan fingerprint density at radius 3 is 2.47 bits per heavy atom. The number of hydrogen-bond donors (Lipinski definition) is 1. The smallest absolute Gasteiger partial charge is 0.330 e. The number of anilines is 1. The van der Waals surface area contributed by atoms with Crippen LogP contribution in [0.1, 0.15) is 53.5 Å². The molecule has 1 aromatic carbocycles. The maximum Gasteiger partial charge on any atom is 0.434 e. The molecule has 188 valence electrons. The summed E-state index contributed by atoms with van der Waals surface area (Å²) in [6, 6.07) is 7.41. The highest BCUT2D eigenvalue weighted by Crippen LogP contribution is 2.34. The van der Waals surface area contributed by atoms with Crippen molar-refractivity contribution >= 4 is 21.9 Å². The molecule has 1 saturated carbocycles. The third-order valence-corrected chi connectivity index (χ3v) is 7.90. The number of halogens is 3. The number of amides is 1. The molecular weight excluding hydrogens is 497 g/mol. The van der Waals surface area contributed by atoms with Crippen LogP contribution in [0.15, 0.2) is 48.9 Å². The van der Waals surface area contributed by atoms with E-state index in [9.17, 15) is 26.4 Å². The Labute approximate surface area is 204 Å². The highest BCUT2D eigenvalue weighted by Gasteiger charge is 2.37. The van der Waals surface area contributed by atoms with Crippen LogP contribution in [0.3, 0.4) is 0 Å². The van der Waals surface area contributed by atoms with E-state index in [2.05, 4.69) is 24.7 Å². The third kappa shape index (κ3) is 5.01. The molecule has 0 spiro atoms. The van der Waals surface area contributed by atoms with Crippen molar-refractivity contribution in [2.45, 2.75) is 43.2 Å². The quantitative estimate of drug-likeness (QED) is 0.527. The lowest BCUT2D eigenvalue weighted by Gasteiger charge is -2.24. The van der Waals surface area contributed by atoms with Crippen molar-refractivity contribution < 1.29 is 26.4 Å². The second-order valence-corrected chi connectivity index (χ2v) is 10.6. The molecule has 0 unspecified atom stereocenters. The van der Waals surface area contributed by atoms with E-state index in [1.165, 1.54) is 36.7 Å². The Balaban J connectivity index is 1.33. The van der Waals surface area contributed by atoms with Gasteiger partial charge in [-0.25, -0.2) is 23.4 Å². The monoisotopic (exact) mass is 518 g/mol. The number of benzene rings is 1. The van der Waals surface area contributed by atoms with Crippen molar-refractivity contribution in [2.24, 2.45) is 0 Å². The van der Waals surface area contributed by atoms with Gasteiger partial charge in [-0.15, -0.1) is 0 Å². The fourth-order valence-electron chi connectivity index (χ4n) is 4.10. The molecule has 3 aromatic rings. The zero-order valence-electron chi connectivity index (χ0n) is 18.8. The summed E-state index contributed by atoms with van der Waals surface area (Å²) in [6.07, 6.45) is 1.34. The number of sulfonamides is 1. The minimum Gasteiger partial charge on any atom is -0.330 e. The molecule has 0 bridgehead atoms. The van der Waals surface area contributed by atoms with Gasteiger partial charge < -0.3 is 4.90 Å². The average molecular weight is 519 g/mol. The van der Waals surface area contributed by atoms with Crippen LogP contribution in [0.5, 0.6) is 0 Å². The van der Waals surface area contributed by atoms with E-state index in [1.54, 1.807) is 11.0 Å². The van der Waals surface area contributed by atoms with Crippen molar-refractivity contribution in [1.82, 2.24) is 24.8 Å². The summed E-state index contributed by atoms with van der Waals surface area (Å²) in [7, 11) is -3.52. The normalized spacial score (nSPS) is 18.3. The number of aromatic nitrogens is 4. The van der Waals surface area contributed by atoms with Gasteiger partial charge in [-0.3, -0.25) is 14.5 Å². The second-order valence-electron chi connectivity index (χ2n) is 8.67. The number of nitrogens with zero attached hydrogens (tertiary/aromatic N) is 5. The van der Waals surface area contributed by atoms with Gasteiger partial charge in [-0.1, -0.05) is 12.1 Å². The molecule has 3 heterocycles. The van der Waals surface area contributed by atoms with E-state index < -0.39 is 27.1 Å². The van der Waals surface area contributed by atoms with Gasteiger partial charge in [0.25, 0.3) is 5.91 Å². The topological polar surface area (TPSA) is 118 Å². The minimum atomic E-state index is -4.61. The van der Waals surface area contributed by atoms with E-state index >= 15 is 0 Å². The molecular formula is C23H21F3N6O3S. The molecule has 0 radical (unpaired) electrons. The van der Waals surface area contributed by atoms with Crippen molar-refractivity contribution in [1.29, 1.82) is 0 Å². The summed E-state index contributed by atoms with van der Waals surface area (Å²) in [5, 5.41) is -0.417. The zero-order valence-corrected chi connectivity index (χ0v) is 19.6. The SMILES string of the molecule is O=C(c1ccc(-c2cncc(C(F)(F)F)n2)cc1)N1CCC[C@@H]1c1ccnc(NS(=O)(=O)C2CC2)n1. The first-order valence-corrected chi connectivity index (χ1v) is 12.8. The molecule has 36 heavy (non-hydrogen) atoms. The molecule has 1 aliphatic carbocycles. The Kier molecular flexibility index (Phi) is 6.10. The lowest BCUT2D eigenvalue weighted by Crippen LogP contribution is -2.31. The van der Waals surface area contributed by atoms with Gasteiger partial charge >= 0.3 is 6.18 Å². The van der Waals surface area contributed by atoms with E-state index in [0.29, 0.717) is 48.8 Å². The van der Waals surface area contributed by atoms with E-state index in [4.69, 9.17) is 0 Å². The fourth-order valence-corrected chi connectivity index (χ4v) is 5.38. The molecule has 1 saturated heterocycles. The third-order valence-electron chi connectivity index (χ3n) is 6.08. The number of rotatable bonds is 6. The van der Waals surface area contributed by atoms with Crippen LogP contribution in [-0.2, 0) is 16.2 Å². The van der Waals surface area contributed by atoms with Crippen LogP contribution in [0, 0.1) is 0 Å². The largest absolute Gasteiger partial charge is 0.434 e. The highest BCUT2D eigenvalue weighted by atomic mass is 32.2. The van der Waals surface area contributed by atoms with Crippen LogP contribution in [0.4, 0.5) is 19.1 Å². The standard InChI is InChI=1S/C23H21F3N6O3S/c24-23(25,26)20-13-27-12-18(29-20)14-3-5-15(6-4-14)21(33)32-11-1-2-19(32)17-9-10-28-22(30-17)31-36(34,35)16-7-8-16/h3-6,9-10,12-13,16,19H,1-2,7-8,11H2,(H,28,30,31)/t19-/m1/s1. The number of carbonyl (C=O) groups is 1. The Morgan fingerprint density at radius 1 is 1.03 bits per heavy atom. The highest BCUT2D eigenvalue weighted by molar-refractivity contribution is 7.93. The van der Waals surface area contributed by atoms with Crippen molar-refractivity contribution in [3.8, 4) is 11.3 Å². The van der Waals surface area contributed by atoms with Gasteiger partial charge in [0.1, 0.15) is 0 Å². The number of alkyl halides is 3. The summed E-state index contributed by atoms with van der Waals surface area (Å²) >= 11 is 0. The number of likely N-dealkylation sites (tertiary alicyclic amines) is 1. The average Bonchev–Trinajstić information content (AvgIpc) is 3.61. The Bertz CT molecular complexity index is 1390. The van der Waals surface area contributed by atoms with Gasteiger partial charge in [0, 0.05) is 23.9 Å². The molecule has 5 rings (SSSR count). The molecule has 2 aliphatic rings. The number of nitrogens with one attached hydrogen (secondary N) is 1. The first kappa shape index (κ1) is 24.1. The molecule has 9 nitrogen and oxygen atoms in total. The van der Waals surface area contributed by atoms with Crippen molar-refractivity contribution in [3.05, 3.63) is 65.9 Å². The van der Waals surface area contributed by atoms with Crippen molar-refractivity contribution in [2.75, 3.05) is 11.3 Å². The molecule has 2 aromatic heterocycles. The predicted octanol–water partition coefficient (Wildman–Crippen LogP) is 3.83. The first-order chi connectivity index (χ1) is 17.1. The molecule has 1 amide bonds. The molecule has 1 atom stereocenters. The second kappa shape index (κ2) is 9.12. The van der Waals surface area contributed by atoms with Gasteiger partial charge in [0.2, 0.25) is 16.0 Å². The number of hydrogen-bond acceptors (Lipinski definition) is 7. The van der Waals surface area contributed by atoms with Gasteiger partial charge in [-0.05, 0) is 43.9 Å². The fraction of sp³-hybridized carbons (Fsp3) is 0.348. The Hall–Kier alpha value is -3.61. The van der Waals surface area contributed by atoms with E-state index in [0.717, 1.165) is 6.42 Å². The summed E-state index contributed by atoms with van der Waals surface area (Å²) in [5.74, 6) is -0.289. The number of carbonyl (C=O) groups excluding carboxylic acids is 1. The molecule has 13 heteroatoms. The Morgan fingerprint density at radius 2 is 1.78 bits per heavy atom. The molecule has 1 N–H and O–H groups in total.